The summed E-state index contributed by atoms with van der Waals surface area (Å²) < 4.78 is 31.1. The summed E-state index contributed by atoms with van der Waals surface area (Å²) in [6, 6.07) is 6.67. The van der Waals surface area contributed by atoms with Crippen LogP contribution in [0.4, 0.5) is 8.78 Å². The first-order chi connectivity index (χ1) is 10.2. The maximum atomic E-state index is 12.3. The molecule has 0 aliphatic heterocycles. The Morgan fingerprint density at radius 2 is 2.19 bits per heavy atom. The molecule has 0 spiro atoms. The number of fused-ring (bicyclic) bond motifs is 3. The maximum Gasteiger partial charge on any atom is 0.387 e. The van der Waals surface area contributed by atoms with Crippen LogP contribution >= 0.6 is 11.3 Å². The Bertz CT molecular complexity index is 809. The standard InChI is InChI=1S/C15H12F2N2OS/c16-14(17)20-10-4-1-3-9(7-10)11-8-19-12-5-2-6-13(12)21-15(19)18-11/h1,3-4,7-8,14H,2,5-6H2. The summed E-state index contributed by atoms with van der Waals surface area (Å²) in [5, 5.41) is 0. The number of ether oxygens (including phenoxy) is 1. The quantitative estimate of drug-likeness (QED) is 0.726. The molecule has 6 heteroatoms. The predicted molar refractivity (Wildman–Crippen MR) is 77.2 cm³/mol. The largest absolute Gasteiger partial charge is 0.435 e. The van der Waals surface area contributed by atoms with E-state index >= 15 is 0 Å². The second kappa shape index (κ2) is 4.80. The first-order valence-electron chi connectivity index (χ1n) is 6.75. The summed E-state index contributed by atoms with van der Waals surface area (Å²) in [5.74, 6) is 0.157. The molecule has 0 amide bonds. The lowest BCUT2D eigenvalue weighted by Gasteiger charge is -2.05. The summed E-state index contributed by atoms with van der Waals surface area (Å²) in [7, 11) is 0. The summed E-state index contributed by atoms with van der Waals surface area (Å²) in [5.41, 5.74) is 2.92. The van der Waals surface area contributed by atoms with Gasteiger partial charge in [-0.15, -0.1) is 11.3 Å². The topological polar surface area (TPSA) is 26.5 Å². The van der Waals surface area contributed by atoms with E-state index in [0.717, 1.165) is 29.1 Å². The SMILES string of the molecule is FC(F)Oc1cccc(-c2cn3c4c(sc3n2)CCC4)c1. The number of hydrogen-bond acceptors (Lipinski definition) is 3. The van der Waals surface area contributed by atoms with E-state index in [2.05, 4.69) is 14.1 Å². The van der Waals surface area contributed by atoms with E-state index in [-0.39, 0.29) is 5.75 Å². The van der Waals surface area contributed by atoms with Crippen molar-refractivity contribution in [1.29, 1.82) is 0 Å². The molecule has 0 N–H and O–H groups in total. The normalized spacial score (nSPS) is 14.0. The van der Waals surface area contributed by atoms with Gasteiger partial charge in [-0.05, 0) is 31.4 Å². The smallest absolute Gasteiger partial charge is 0.387 e. The third kappa shape index (κ3) is 2.19. The van der Waals surface area contributed by atoms with Gasteiger partial charge in [0.05, 0.1) is 5.69 Å². The van der Waals surface area contributed by atoms with Crippen molar-refractivity contribution < 1.29 is 13.5 Å². The van der Waals surface area contributed by atoms with E-state index in [1.165, 1.54) is 23.1 Å². The van der Waals surface area contributed by atoms with Crippen LogP contribution in [-0.4, -0.2) is 16.0 Å². The van der Waals surface area contributed by atoms with Gasteiger partial charge in [0.2, 0.25) is 0 Å². The van der Waals surface area contributed by atoms with Crippen molar-refractivity contribution >= 4 is 16.3 Å². The van der Waals surface area contributed by atoms with Gasteiger partial charge in [0.15, 0.2) is 4.96 Å². The number of hydrogen-bond donors (Lipinski definition) is 0. The van der Waals surface area contributed by atoms with Crippen molar-refractivity contribution in [3.63, 3.8) is 0 Å². The van der Waals surface area contributed by atoms with E-state index in [0.29, 0.717) is 0 Å². The van der Waals surface area contributed by atoms with Crippen LogP contribution in [0, 0.1) is 0 Å². The van der Waals surface area contributed by atoms with Gasteiger partial charge in [0.1, 0.15) is 5.75 Å². The molecular formula is C15H12F2N2OS. The average Bonchev–Trinajstić information content (AvgIpc) is 3.09. The summed E-state index contributed by atoms with van der Waals surface area (Å²) in [6.07, 6.45) is 5.40. The number of halogens is 2. The lowest BCUT2D eigenvalue weighted by Crippen LogP contribution is -2.01. The van der Waals surface area contributed by atoms with Crippen LogP contribution in [0.5, 0.6) is 5.75 Å². The minimum Gasteiger partial charge on any atom is -0.435 e. The molecule has 0 unspecified atom stereocenters. The predicted octanol–water partition coefficient (Wildman–Crippen LogP) is 4.15. The highest BCUT2D eigenvalue weighted by Gasteiger charge is 2.19. The van der Waals surface area contributed by atoms with E-state index in [1.54, 1.807) is 23.5 Å². The Balaban J connectivity index is 1.74. The number of aryl methyl sites for hydroxylation is 2. The third-order valence-corrected chi connectivity index (χ3v) is 4.83. The number of thiazole rings is 1. The van der Waals surface area contributed by atoms with Crippen molar-refractivity contribution in [2.75, 3.05) is 0 Å². The van der Waals surface area contributed by atoms with E-state index in [4.69, 9.17) is 0 Å². The van der Waals surface area contributed by atoms with Crippen LogP contribution in [0.15, 0.2) is 30.5 Å². The summed E-state index contributed by atoms with van der Waals surface area (Å²) in [6.45, 7) is -2.81. The fourth-order valence-corrected chi connectivity index (χ4v) is 3.96. The number of imidazole rings is 1. The van der Waals surface area contributed by atoms with E-state index in [9.17, 15) is 8.78 Å². The minimum atomic E-state index is -2.81. The van der Waals surface area contributed by atoms with Crippen molar-refractivity contribution in [2.24, 2.45) is 0 Å². The highest BCUT2D eigenvalue weighted by atomic mass is 32.1. The van der Waals surface area contributed by atoms with Gasteiger partial charge < -0.3 is 4.74 Å². The highest BCUT2D eigenvalue weighted by molar-refractivity contribution is 7.17. The number of alkyl halides is 2. The Kier molecular flexibility index (Phi) is 2.92. The molecule has 2 heterocycles. The third-order valence-electron chi connectivity index (χ3n) is 3.67. The van der Waals surface area contributed by atoms with Crippen LogP contribution in [0.25, 0.3) is 16.2 Å². The molecule has 0 saturated carbocycles. The van der Waals surface area contributed by atoms with Crippen LogP contribution in [0.3, 0.4) is 0 Å². The molecule has 0 saturated heterocycles. The van der Waals surface area contributed by atoms with Gasteiger partial charge in [-0.2, -0.15) is 8.78 Å². The first-order valence-corrected chi connectivity index (χ1v) is 7.57. The molecule has 21 heavy (non-hydrogen) atoms. The van der Waals surface area contributed by atoms with Crippen molar-refractivity contribution in [2.45, 2.75) is 25.9 Å². The lowest BCUT2D eigenvalue weighted by atomic mass is 10.1. The summed E-state index contributed by atoms with van der Waals surface area (Å²) in [4.78, 5) is 6.99. The number of aromatic nitrogens is 2. The second-order valence-electron chi connectivity index (χ2n) is 5.01. The number of benzene rings is 1. The fraction of sp³-hybridized carbons (Fsp3) is 0.267. The molecular weight excluding hydrogens is 294 g/mol. The molecule has 0 bridgehead atoms. The molecule has 4 rings (SSSR count). The molecule has 3 nitrogen and oxygen atoms in total. The molecule has 0 radical (unpaired) electrons. The zero-order valence-corrected chi connectivity index (χ0v) is 11.9. The van der Waals surface area contributed by atoms with E-state index < -0.39 is 6.61 Å². The minimum absolute atomic E-state index is 0.157. The van der Waals surface area contributed by atoms with Crippen LogP contribution in [-0.2, 0) is 12.8 Å². The number of rotatable bonds is 3. The van der Waals surface area contributed by atoms with Gasteiger partial charge in [-0.25, -0.2) is 4.98 Å². The lowest BCUT2D eigenvalue weighted by molar-refractivity contribution is -0.0498. The van der Waals surface area contributed by atoms with E-state index in [1.807, 2.05) is 12.3 Å². The monoisotopic (exact) mass is 306 g/mol. The second-order valence-corrected chi connectivity index (χ2v) is 6.07. The van der Waals surface area contributed by atoms with Gasteiger partial charge in [-0.1, -0.05) is 12.1 Å². The van der Waals surface area contributed by atoms with Gasteiger partial charge in [-0.3, -0.25) is 4.40 Å². The van der Waals surface area contributed by atoms with Crippen LogP contribution in [0.1, 0.15) is 17.0 Å². The zero-order valence-electron chi connectivity index (χ0n) is 11.1. The molecule has 2 aromatic heterocycles. The fourth-order valence-electron chi connectivity index (χ4n) is 2.77. The van der Waals surface area contributed by atoms with Crippen molar-refractivity contribution in [3.05, 3.63) is 41.0 Å². The van der Waals surface area contributed by atoms with Crippen LogP contribution in [0.2, 0.25) is 0 Å². The van der Waals surface area contributed by atoms with Gasteiger partial charge in [0.25, 0.3) is 0 Å². The molecule has 108 valence electrons. The Morgan fingerprint density at radius 3 is 3.05 bits per heavy atom. The van der Waals surface area contributed by atoms with Gasteiger partial charge in [0, 0.05) is 22.3 Å². The zero-order chi connectivity index (χ0) is 14.4. The Hall–Kier alpha value is -1.95. The molecule has 1 aliphatic rings. The van der Waals surface area contributed by atoms with Crippen molar-refractivity contribution in [1.82, 2.24) is 9.38 Å². The molecule has 0 atom stereocenters. The number of nitrogens with zero attached hydrogens (tertiary/aromatic N) is 2. The maximum absolute atomic E-state index is 12.3. The van der Waals surface area contributed by atoms with Crippen molar-refractivity contribution in [3.8, 4) is 17.0 Å². The highest BCUT2D eigenvalue weighted by Crippen LogP contribution is 2.33. The summed E-state index contributed by atoms with van der Waals surface area (Å²) >= 11 is 1.72. The van der Waals surface area contributed by atoms with Crippen LogP contribution < -0.4 is 4.74 Å². The molecule has 1 aliphatic carbocycles. The van der Waals surface area contributed by atoms with Gasteiger partial charge >= 0.3 is 6.61 Å². The molecule has 3 aromatic rings. The average molecular weight is 306 g/mol. The Morgan fingerprint density at radius 1 is 1.29 bits per heavy atom. The first kappa shape index (κ1) is 12.8. The molecule has 1 aromatic carbocycles. The molecule has 0 fully saturated rings. The Labute approximate surface area is 123 Å².